The fourth-order valence-electron chi connectivity index (χ4n) is 1.17. The molecule has 1 atom stereocenters. The molecule has 1 aromatic rings. The van der Waals surface area contributed by atoms with Crippen molar-refractivity contribution in [2.45, 2.75) is 25.9 Å². The van der Waals surface area contributed by atoms with Gasteiger partial charge in [-0.3, -0.25) is 0 Å². The number of methoxy groups -OCH3 is 1. The van der Waals surface area contributed by atoms with E-state index in [1.807, 2.05) is 11.4 Å². The monoisotopic (exact) mass is 214 g/mol. The van der Waals surface area contributed by atoms with Gasteiger partial charge in [-0.2, -0.15) is 0 Å². The van der Waals surface area contributed by atoms with Gasteiger partial charge >= 0.3 is 5.97 Å². The maximum atomic E-state index is 11.3. The summed E-state index contributed by atoms with van der Waals surface area (Å²) in [4.78, 5) is 11.9. The zero-order chi connectivity index (χ0) is 10.6. The van der Waals surface area contributed by atoms with Crippen LogP contribution in [0.2, 0.25) is 0 Å². The molecule has 0 unspecified atom stereocenters. The number of aliphatic hydroxyl groups excluding tert-OH is 1. The van der Waals surface area contributed by atoms with Crippen LogP contribution in [-0.2, 0) is 11.2 Å². The number of ether oxygens (including phenoxy) is 1. The summed E-state index contributed by atoms with van der Waals surface area (Å²) in [6, 6.07) is 1.90. The van der Waals surface area contributed by atoms with E-state index in [1.165, 1.54) is 18.4 Å². The van der Waals surface area contributed by atoms with E-state index in [-0.39, 0.29) is 12.1 Å². The standard InChI is InChI=1S/C10H14O3S/c1-7(11)3-4-8-5-6-14-9(8)10(12)13-2/h5-7,11H,3-4H2,1-2H3/t7-/m1/s1. The Kier molecular flexibility index (Phi) is 4.10. The molecule has 0 spiro atoms. The second-order valence-corrected chi connectivity index (χ2v) is 4.07. The highest BCUT2D eigenvalue weighted by molar-refractivity contribution is 7.12. The van der Waals surface area contributed by atoms with E-state index in [0.717, 1.165) is 5.56 Å². The van der Waals surface area contributed by atoms with Crippen LogP contribution in [0.15, 0.2) is 11.4 Å². The van der Waals surface area contributed by atoms with Crippen LogP contribution in [0.3, 0.4) is 0 Å². The van der Waals surface area contributed by atoms with Crippen molar-refractivity contribution in [1.82, 2.24) is 0 Å². The lowest BCUT2D eigenvalue weighted by atomic mass is 10.1. The van der Waals surface area contributed by atoms with Crippen molar-refractivity contribution in [3.8, 4) is 0 Å². The van der Waals surface area contributed by atoms with Gasteiger partial charge in [0, 0.05) is 0 Å². The molecule has 0 aromatic carbocycles. The van der Waals surface area contributed by atoms with Gasteiger partial charge in [-0.05, 0) is 36.8 Å². The number of hydrogen-bond acceptors (Lipinski definition) is 4. The molecule has 0 aliphatic carbocycles. The fourth-order valence-corrected chi connectivity index (χ4v) is 2.04. The second-order valence-electron chi connectivity index (χ2n) is 3.15. The van der Waals surface area contributed by atoms with Gasteiger partial charge in [0.25, 0.3) is 0 Å². The molecule has 0 aliphatic heterocycles. The molecule has 78 valence electrons. The second kappa shape index (κ2) is 5.12. The largest absolute Gasteiger partial charge is 0.465 e. The number of aryl methyl sites for hydroxylation is 1. The summed E-state index contributed by atoms with van der Waals surface area (Å²) in [6.45, 7) is 1.74. The number of hydrogen-bond donors (Lipinski definition) is 1. The minimum Gasteiger partial charge on any atom is -0.465 e. The first-order valence-corrected chi connectivity index (χ1v) is 5.36. The molecule has 4 heteroatoms. The van der Waals surface area contributed by atoms with Gasteiger partial charge in [0.05, 0.1) is 13.2 Å². The third-order valence-electron chi connectivity index (χ3n) is 1.95. The molecule has 0 saturated carbocycles. The van der Waals surface area contributed by atoms with E-state index in [1.54, 1.807) is 6.92 Å². The molecule has 14 heavy (non-hydrogen) atoms. The molecule has 0 saturated heterocycles. The molecule has 0 aliphatic rings. The summed E-state index contributed by atoms with van der Waals surface area (Å²) in [6.07, 6.45) is 1.05. The Morgan fingerprint density at radius 2 is 2.43 bits per heavy atom. The lowest BCUT2D eigenvalue weighted by Crippen LogP contribution is -2.05. The van der Waals surface area contributed by atoms with Gasteiger partial charge in [0.15, 0.2) is 0 Å². The third-order valence-corrected chi connectivity index (χ3v) is 2.89. The van der Waals surface area contributed by atoms with Crippen molar-refractivity contribution in [2.24, 2.45) is 0 Å². The lowest BCUT2D eigenvalue weighted by molar-refractivity contribution is 0.0604. The minimum atomic E-state index is -0.333. The molecular formula is C10H14O3S. The lowest BCUT2D eigenvalue weighted by Gasteiger charge is -2.04. The van der Waals surface area contributed by atoms with Crippen molar-refractivity contribution in [3.63, 3.8) is 0 Å². The SMILES string of the molecule is COC(=O)c1sccc1CC[C@@H](C)O. The maximum absolute atomic E-state index is 11.3. The Balaban J connectivity index is 2.67. The molecule has 1 N–H and O–H groups in total. The van der Waals surface area contributed by atoms with Gasteiger partial charge in [0.1, 0.15) is 4.88 Å². The molecule has 0 radical (unpaired) electrons. The molecule has 0 amide bonds. The fraction of sp³-hybridized carbons (Fsp3) is 0.500. The van der Waals surface area contributed by atoms with Crippen LogP contribution in [0.5, 0.6) is 0 Å². The van der Waals surface area contributed by atoms with E-state index in [0.29, 0.717) is 17.7 Å². The van der Waals surface area contributed by atoms with E-state index in [4.69, 9.17) is 5.11 Å². The van der Waals surface area contributed by atoms with Gasteiger partial charge in [0.2, 0.25) is 0 Å². The first-order chi connectivity index (χ1) is 6.65. The summed E-state index contributed by atoms with van der Waals surface area (Å²) < 4.78 is 4.65. The van der Waals surface area contributed by atoms with Crippen molar-refractivity contribution in [1.29, 1.82) is 0 Å². The van der Waals surface area contributed by atoms with Crippen LogP contribution in [0.1, 0.15) is 28.6 Å². The molecule has 1 rings (SSSR count). The quantitative estimate of drug-likeness (QED) is 0.778. The van der Waals surface area contributed by atoms with Crippen LogP contribution >= 0.6 is 11.3 Å². The molecule has 1 aromatic heterocycles. The predicted molar refractivity (Wildman–Crippen MR) is 55.7 cm³/mol. The van der Waals surface area contributed by atoms with Crippen LogP contribution in [0.4, 0.5) is 0 Å². The zero-order valence-corrected chi connectivity index (χ0v) is 9.13. The highest BCUT2D eigenvalue weighted by Crippen LogP contribution is 2.19. The van der Waals surface area contributed by atoms with E-state index in [9.17, 15) is 4.79 Å². The smallest absolute Gasteiger partial charge is 0.348 e. The first kappa shape index (κ1) is 11.2. The third kappa shape index (κ3) is 2.82. The Morgan fingerprint density at radius 3 is 3.00 bits per heavy atom. The maximum Gasteiger partial charge on any atom is 0.348 e. The number of esters is 1. The zero-order valence-electron chi connectivity index (χ0n) is 8.32. The summed E-state index contributed by atoms with van der Waals surface area (Å²) in [5.41, 5.74) is 0.961. The Hall–Kier alpha value is -0.870. The Bertz CT molecular complexity index is 304. The van der Waals surface area contributed by atoms with Gasteiger partial charge in [-0.1, -0.05) is 0 Å². The predicted octanol–water partition coefficient (Wildman–Crippen LogP) is 1.85. The number of aliphatic hydroxyl groups is 1. The van der Waals surface area contributed by atoms with Gasteiger partial charge in [-0.25, -0.2) is 4.79 Å². The highest BCUT2D eigenvalue weighted by atomic mass is 32.1. The van der Waals surface area contributed by atoms with Crippen molar-refractivity contribution in [2.75, 3.05) is 7.11 Å². The molecular weight excluding hydrogens is 200 g/mol. The Labute approximate surface area is 87.3 Å². The molecule has 0 bridgehead atoms. The van der Waals surface area contributed by atoms with E-state index < -0.39 is 0 Å². The molecule has 1 heterocycles. The van der Waals surface area contributed by atoms with Crippen LogP contribution in [0.25, 0.3) is 0 Å². The highest BCUT2D eigenvalue weighted by Gasteiger charge is 2.13. The number of rotatable bonds is 4. The van der Waals surface area contributed by atoms with Gasteiger partial charge in [-0.15, -0.1) is 11.3 Å². The van der Waals surface area contributed by atoms with Crippen molar-refractivity contribution >= 4 is 17.3 Å². The number of carbonyl (C=O) groups is 1. The van der Waals surface area contributed by atoms with Gasteiger partial charge < -0.3 is 9.84 Å². The van der Waals surface area contributed by atoms with E-state index in [2.05, 4.69) is 4.74 Å². The number of thiophene rings is 1. The van der Waals surface area contributed by atoms with Crippen LogP contribution in [-0.4, -0.2) is 24.3 Å². The normalized spacial score (nSPS) is 12.5. The summed E-state index contributed by atoms with van der Waals surface area (Å²) in [5, 5.41) is 11.0. The molecule has 3 nitrogen and oxygen atoms in total. The van der Waals surface area contributed by atoms with Crippen molar-refractivity contribution in [3.05, 3.63) is 21.9 Å². The molecule has 0 fully saturated rings. The first-order valence-electron chi connectivity index (χ1n) is 4.48. The summed E-state index contributed by atoms with van der Waals surface area (Å²) in [5.74, 6) is -0.291. The summed E-state index contributed by atoms with van der Waals surface area (Å²) >= 11 is 1.38. The van der Waals surface area contributed by atoms with E-state index >= 15 is 0 Å². The topological polar surface area (TPSA) is 46.5 Å². The van der Waals surface area contributed by atoms with Crippen LogP contribution in [0, 0.1) is 0 Å². The summed E-state index contributed by atoms with van der Waals surface area (Å²) in [7, 11) is 1.38. The number of carbonyl (C=O) groups excluding carboxylic acids is 1. The van der Waals surface area contributed by atoms with Crippen LogP contribution < -0.4 is 0 Å². The average Bonchev–Trinajstić information content (AvgIpc) is 2.61. The average molecular weight is 214 g/mol. The Morgan fingerprint density at radius 1 is 1.71 bits per heavy atom. The van der Waals surface area contributed by atoms with Crippen molar-refractivity contribution < 1.29 is 14.6 Å². The minimum absolute atomic E-state index is 0.291.